The van der Waals surface area contributed by atoms with E-state index in [1.165, 1.54) is 24.0 Å². The Hall–Kier alpha value is -1.51. The second-order valence-electron chi connectivity index (χ2n) is 6.29. The molecule has 1 saturated carbocycles. The van der Waals surface area contributed by atoms with Crippen LogP contribution in [0.1, 0.15) is 50.7 Å². The first-order valence-corrected chi connectivity index (χ1v) is 8.21. The van der Waals surface area contributed by atoms with E-state index in [4.69, 9.17) is 0 Å². The number of nitrogens with one attached hydrogen (secondary N) is 1. The number of carbonyl (C=O) groups excluding carboxylic acids is 1. The lowest BCUT2D eigenvalue weighted by Gasteiger charge is -2.24. The van der Waals surface area contributed by atoms with Gasteiger partial charge in [-0.3, -0.25) is 0 Å². The molecule has 0 aliphatic heterocycles. The molecule has 0 spiro atoms. The maximum absolute atomic E-state index is 12.3. The molecule has 0 saturated heterocycles. The molecule has 0 unspecified atom stereocenters. The zero-order valence-corrected chi connectivity index (χ0v) is 13.6. The van der Waals surface area contributed by atoms with Gasteiger partial charge in [0.2, 0.25) is 0 Å². The van der Waals surface area contributed by atoms with Crippen LogP contribution in [0.2, 0.25) is 0 Å². The van der Waals surface area contributed by atoms with E-state index in [1.807, 2.05) is 4.90 Å². The molecule has 0 heterocycles. The molecule has 0 radical (unpaired) electrons. The van der Waals surface area contributed by atoms with Crippen LogP contribution in [0.15, 0.2) is 24.3 Å². The number of benzene rings is 1. The number of hydrogen-bond donors (Lipinski definition) is 1. The van der Waals surface area contributed by atoms with Crippen molar-refractivity contribution in [3.8, 4) is 0 Å². The van der Waals surface area contributed by atoms with Gasteiger partial charge in [-0.1, -0.05) is 43.7 Å². The third kappa shape index (κ3) is 3.99. The van der Waals surface area contributed by atoms with Crippen LogP contribution in [-0.4, -0.2) is 30.6 Å². The number of hydrogen-bond acceptors (Lipinski definition) is 1. The molecular formula is C18H28N2O. The number of aryl methyl sites for hydroxylation is 1. The first-order valence-electron chi connectivity index (χ1n) is 8.21. The highest BCUT2D eigenvalue weighted by molar-refractivity contribution is 5.74. The lowest BCUT2D eigenvalue weighted by molar-refractivity contribution is 0.196. The Balaban J connectivity index is 1.92. The summed E-state index contributed by atoms with van der Waals surface area (Å²) in [5.74, 6) is 0. The fourth-order valence-corrected chi connectivity index (χ4v) is 2.84. The van der Waals surface area contributed by atoms with Gasteiger partial charge in [-0.25, -0.2) is 4.79 Å². The maximum atomic E-state index is 12.3. The van der Waals surface area contributed by atoms with Crippen molar-refractivity contribution >= 4 is 6.03 Å². The smallest absolute Gasteiger partial charge is 0.317 e. The SMILES string of the molecule is CCCN(CCC)C(=O)NCC1(c2ccc(C)cc2)CC1. The molecule has 3 nitrogen and oxygen atoms in total. The minimum Gasteiger partial charge on any atom is -0.337 e. The zero-order valence-electron chi connectivity index (χ0n) is 13.6. The van der Waals surface area contributed by atoms with E-state index in [1.54, 1.807) is 0 Å². The maximum Gasteiger partial charge on any atom is 0.317 e. The van der Waals surface area contributed by atoms with E-state index in [2.05, 4.69) is 50.4 Å². The molecule has 1 aliphatic rings. The first kappa shape index (κ1) is 15.9. The Kier molecular flexibility index (Phi) is 5.27. The third-order valence-electron chi connectivity index (χ3n) is 4.37. The molecule has 1 N–H and O–H groups in total. The second-order valence-corrected chi connectivity index (χ2v) is 6.29. The van der Waals surface area contributed by atoms with E-state index < -0.39 is 0 Å². The summed E-state index contributed by atoms with van der Waals surface area (Å²) in [6.45, 7) is 8.79. The van der Waals surface area contributed by atoms with Crippen molar-refractivity contribution in [1.82, 2.24) is 10.2 Å². The van der Waals surface area contributed by atoms with Crippen molar-refractivity contribution in [2.24, 2.45) is 0 Å². The Morgan fingerprint density at radius 2 is 1.71 bits per heavy atom. The number of amides is 2. The zero-order chi connectivity index (χ0) is 15.3. The summed E-state index contributed by atoms with van der Waals surface area (Å²) in [4.78, 5) is 14.2. The molecule has 2 rings (SSSR count). The molecule has 1 fully saturated rings. The quantitative estimate of drug-likeness (QED) is 0.812. The number of nitrogens with zero attached hydrogens (tertiary/aromatic N) is 1. The van der Waals surface area contributed by atoms with Crippen LogP contribution in [0, 0.1) is 6.92 Å². The molecular weight excluding hydrogens is 260 g/mol. The van der Waals surface area contributed by atoms with Gasteiger partial charge in [0.25, 0.3) is 0 Å². The Bertz CT molecular complexity index is 457. The van der Waals surface area contributed by atoms with E-state index in [9.17, 15) is 4.79 Å². The molecule has 1 aromatic rings. The average Bonchev–Trinajstić information content (AvgIpc) is 3.26. The molecule has 1 aromatic carbocycles. The predicted molar refractivity (Wildman–Crippen MR) is 87.6 cm³/mol. The molecule has 0 atom stereocenters. The van der Waals surface area contributed by atoms with Crippen molar-refractivity contribution in [2.45, 2.75) is 51.9 Å². The van der Waals surface area contributed by atoms with Gasteiger partial charge in [-0.05, 0) is 38.2 Å². The summed E-state index contributed by atoms with van der Waals surface area (Å²) >= 11 is 0. The van der Waals surface area contributed by atoms with Crippen LogP contribution < -0.4 is 5.32 Å². The third-order valence-corrected chi connectivity index (χ3v) is 4.37. The van der Waals surface area contributed by atoms with Crippen LogP contribution in [0.3, 0.4) is 0 Å². The molecule has 116 valence electrons. The van der Waals surface area contributed by atoms with E-state index in [-0.39, 0.29) is 11.4 Å². The summed E-state index contributed by atoms with van der Waals surface area (Å²) in [6.07, 6.45) is 4.38. The fraction of sp³-hybridized carbons (Fsp3) is 0.611. The van der Waals surface area contributed by atoms with Crippen LogP contribution in [0.4, 0.5) is 4.79 Å². The van der Waals surface area contributed by atoms with Gasteiger partial charge in [0.15, 0.2) is 0 Å². The van der Waals surface area contributed by atoms with Gasteiger partial charge in [0.05, 0.1) is 0 Å². The predicted octanol–water partition coefficient (Wildman–Crippen LogP) is 3.86. The van der Waals surface area contributed by atoms with Crippen molar-refractivity contribution in [3.63, 3.8) is 0 Å². The minimum atomic E-state index is 0.0945. The molecule has 21 heavy (non-hydrogen) atoms. The van der Waals surface area contributed by atoms with Crippen molar-refractivity contribution in [2.75, 3.05) is 19.6 Å². The van der Waals surface area contributed by atoms with Gasteiger partial charge in [0.1, 0.15) is 0 Å². The van der Waals surface area contributed by atoms with Crippen molar-refractivity contribution < 1.29 is 4.79 Å². The summed E-state index contributed by atoms with van der Waals surface area (Å²) < 4.78 is 0. The van der Waals surface area contributed by atoms with Gasteiger partial charge in [-0.15, -0.1) is 0 Å². The highest BCUT2D eigenvalue weighted by Gasteiger charge is 2.44. The summed E-state index contributed by atoms with van der Waals surface area (Å²) in [5.41, 5.74) is 2.84. The van der Waals surface area contributed by atoms with Gasteiger partial charge in [-0.2, -0.15) is 0 Å². The van der Waals surface area contributed by atoms with E-state index in [0.29, 0.717) is 0 Å². The lowest BCUT2D eigenvalue weighted by Crippen LogP contribution is -2.43. The number of rotatable bonds is 7. The van der Waals surface area contributed by atoms with Crippen molar-refractivity contribution in [3.05, 3.63) is 35.4 Å². The van der Waals surface area contributed by atoms with Crippen LogP contribution in [0.25, 0.3) is 0 Å². The normalized spacial score (nSPS) is 15.6. The lowest BCUT2D eigenvalue weighted by atomic mass is 9.95. The average molecular weight is 288 g/mol. The number of urea groups is 1. The largest absolute Gasteiger partial charge is 0.337 e. The summed E-state index contributed by atoms with van der Waals surface area (Å²) in [7, 11) is 0. The first-order chi connectivity index (χ1) is 10.1. The number of carbonyl (C=O) groups is 1. The Morgan fingerprint density at radius 1 is 1.14 bits per heavy atom. The van der Waals surface area contributed by atoms with E-state index >= 15 is 0 Å². The molecule has 1 aliphatic carbocycles. The highest BCUT2D eigenvalue weighted by Crippen LogP contribution is 2.47. The molecule has 3 heteroatoms. The fourth-order valence-electron chi connectivity index (χ4n) is 2.84. The Labute approximate surface area is 128 Å². The Morgan fingerprint density at radius 3 is 2.19 bits per heavy atom. The summed E-state index contributed by atoms with van der Waals surface area (Å²) in [6, 6.07) is 8.85. The molecule has 0 bridgehead atoms. The second kappa shape index (κ2) is 6.97. The standard InChI is InChI=1S/C18H28N2O/c1-4-12-20(13-5-2)17(21)19-14-18(10-11-18)16-8-6-15(3)7-9-16/h6-9H,4-5,10-14H2,1-3H3,(H,19,21). The molecule has 2 amide bonds. The van der Waals surface area contributed by atoms with Gasteiger partial charge < -0.3 is 10.2 Å². The topological polar surface area (TPSA) is 32.3 Å². The highest BCUT2D eigenvalue weighted by atomic mass is 16.2. The van der Waals surface area contributed by atoms with Gasteiger partial charge in [0, 0.05) is 25.0 Å². The van der Waals surface area contributed by atoms with Crippen LogP contribution >= 0.6 is 0 Å². The van der Waals surface area contributed by atoms with Crippen LogP contribution in [0.5, 0.6) is 0 Å². The summed E-state index contributed by atoms with van der Waals surface area (Å²) in [5, 5.41) is 3.16. The van der Waals surface area contributed by atoms with Crippen LogP contribution in [-0.2, 0) is 5.41 Å². The van der Waals surface area contributed by atoms with E-state index in [0.717, 1.165) is 32.5 Å². The van der Waals surface area contributed by atoms with Gasteiger partial charge >= 0.3 is 6.03 Å². The molecule has 0 aromatic heterocycles. The van der Waals surface area contributed by atoms with Crippen molar-refractivity contribution in [1.29, 1.82) is 0 Å². The monoisotopic (exact) mass is 288 g/mol. The minimum absolute atomic E-state index is 0.0945.